The molecule has 8 heteroatoms. The first-order valence-corrected chi connectivity index (χ1v) is 6.30. The summed E-state index contributed by atoms with van der Waals surface area (Å²) in [7, 11) is 0. The van der Waals surface area contributed by atoms with Gasteiger partial charge >= 0.3 is 11.9 Å². The summed E-state index contributed by atoms with van der Waals surface area (Å²) >= 11 is 0. The van der Waals surface area contributed by atoms with Gasteiger partial charge in [0.1, 0.15) is 18.8 Å². The zero-order chi connectivity index (χ0) is 15.5. The Hall–Kier alpha value is -1.67. The Bertz CT molecular complexity index is 335. The number of carbonyl (C=O) groups is 3. The zero-order valence-corrected chi connectivity index (χ0v) is 11.4. The molecule has 1 amide bonds. The van der Waals surface area contributed by atoms with Gasteiger partial charge in [0.2, 0.25) is 5.91 Å². The van der Waals surface area contributed by atoms with Gasteiger partial charge in [-0.3, -0.25) is 14.4 Å². The van der Waals surface area contributed by atoms with E-state index in [1.807, 2.05) is 0 Å². The van der Waals surface area contributed by atoms with Gasteiger partial charge in [0, 0.05) is 12.8 Å². The molecule has 0 fully saturated rings. The molecule has 0 aliphatic rings. The highest BCUT2D eigenvalue weighted by atomic mass is 16.6. The van der Waals surface area contributed by atoms with E-state index in [9.17, 15) is 14.4 Å². The molecule has 0 aromatic rings. The van der Waals surface area contributed by atoms with Crippen LogP contribution in [0.1, 0.15) is 25.7 Å². The van der Waals surface area contributed by atoms with Crippen LogP contribution >= 0.6 is 0 Å². The molecule has 0 bridgehead atoms. The van der Waals surface area contributed by atoms with Gasteiger partial charge in [-0.05, 0) is 26.3 Å². The molecule has 0 aliphatic heterocycles. The maximum atomic E-state index is 11.4. The number of hydrogen-bond donors (Lipinski definition) is 3. The summed E-state index contributed by atoms with van der Waals surface area (Å²) in [6.07, 6.45) is -0.00457. The fraction of sp³-hybridized carbons (Fsp3) is 0.667. The Morgan fingerprint density at radius 1 is 1.20 bits per heavy atom. The molecule has 0 aromatic heterocycles. The second-order valence-electron chi connectivity index (χ2n) is 4.25. The predicted octanol–water partition coefficient (Wildman–Crippen LogP) is -1.39. The van der Waals surface area contributed by atoms with Crippen molar-refractivity contribution in [2.75, 3.05) is 13.2 Å². The summed E-state index contributed by atoms with van der Waals surface area (Å²) in [6, 6.07) is -0.942. The lowest BCUT2D eigenvalue weighted by Gasteiger charge is -2.15. The van der Waals surface area contributed by atoms with Gasteiger partial charge < -0.3 is 26.7 Å². The quantitative estimate of drug-likeness (QED) is 0.419. The minimum Gasteiger partial charge on any atom is -0.461 e. The number of primary amides is 1. The molecule has 0 saturated carbocycles. The average Bonchev–Trinajstić information content (AvgIpc) is 2.39. The number of hydrogen-bond acceptors (Lipinski definition) is 7. The molecule has 2 atom stereocenters. The van der Waals surface area contributed by atoms with E-state index in [0.29, 0.717) is 13.0 Å². The summed E-state index contributed by atoms with van der Waals surface area (Å²) in [6.45, 7) is 3.72. The van der Waals surface area contributed by atoms with Crippen molar-refractivity contribution in [2.45, 2.75) is 37.8 Å². The van der Waals surface area contributed by atoms with Crippen molar-refractivity contribution in [1.82, 2.24) is 0 Å². The van der Waals surface area contributed by atoms with E-state index < -0.39 is 30.0 Å². The third-order valence-corrected chi connectivity index (χ3v) is 2.30. The third kappa shape index (κ3) is 9.29. The van der Waals surface area contributed by atoms with Gasteiger partial charge in [0.25, 0.3) is 0 Å². The molecule has 0 saturated heterocycles. The molecule has 0 rings (SSSR count). The van der Waals surface area contributed by atoms with E-state index >= 15 is 0 Å². The molecule has 20 heavy (non-hydrogen) atoms. The SMILES string of the molecule is [CH2]C(COC(=O)[C@@H](N)CCC(N)=O)OC(=O)CCCN. The van der Waals surface area contributed by atoms with Crippen molar-refractivity contribution in [1.29, 1.82) is 0 Å². The van der Waals surface area contributed by atoms with Crippen LogP contribution in [0.5, 0.6) is 0 Å². The lowest BCUT2D eigenvalue weighted by Crippen LogP contribution is -2.35. The zero-order valence-electron chi connectivity index (χ0n) is 11.4. The first-order chi connectivity index (χ1) is 9.36. The van der Waals surface area contributed by atoms with Gasteiger partial charge in [-0.15, -0.1) is 0 Å². The molecule has 115 valence electrons. The fourth-order valence-corrected chi connectivity index (χ4v) is 1.22. The molecule has 1 radical (unpaired) electrons. The highest BCUT2D eigenvalue weighted by Gasteiger charge is 2.18. The largest absolute Gasteiger partial charge is 0.461 e. The maximum absolute atomic E-state index is 11.4. The van der Waals surface area contributed by atoms with Crippen LogP contribution in [0.25, 0.3) is 0 Å². The predicted molar refractivity (Wildman–Crippen MR) is 70.9 cm³/mol. The lowest BCUT2D eigenvalue weighted by atomic mass is 10.1. The Kier molecular flexibility index (Phi) is 9.31. The summed E-state index contributed by atoms with van der Waals surface area (Å²) in [4.78, 5) is 33.2. The molecular weight excluding hydrogens is 266 g/mol. The normalized spacial score (nSPS) is 13.3. The molecule has 0 spiro atoms. The Labute approximate surface area is 117 Å². The van der Waals surface area contributed by atoms with Crippen LogP contribution in [0.2, 0.25) is 0 Å². The maximum Gasteiger partial charge on any atom is 0.323 e. The van der Waals surface area contributed by atoms with Crippen LogP contribution < -0.4 is 17.2 Å². The van der Waals surface area contributed by atoms with E-state index in [2.05, 4.69) is 6.92 Å². The van der Waals surface area contributed by atoms with Gasteiger partial charge in [-0.2, -0.15) is 0 Å². The monoisotopic (exact) mass is 288 g/mol. The third-order valence-electron chi connectivity index (χ3n) is 2.30. The second kappa shape index (κ2) is 10.2. The van der Waals surface area contributed by atoms with Gasteiger partial charge in [0.05, 0.1) is 0 Å². The summed E-state index contributed by atoms with van der Waals surface area (Å²) in [5, 5.41) is 0. The minimum absolute atomic E-state index is 0.00184. The smallest absolute Gasteiger partial charge is 0.323 e. The highest BCUT2D eigenvalue weighted by Crippen LogP contribution is 2.01. The van der Waals surface area contributed by atoms with Crippen molar-refractivity contribution in [3.63, 3.8) is 0 Å². The Morgan fingerprint density at radius 3 is 2.40 bits per heavy atom. The van der Waals surface area contributed by atoms with Crippen molar-refractivity contribution in [3.05, 3.63) is 6.92 Å². The Morgan fingerprint density at radius 2 is 1.85 bits per heavy atom. The van der Waals surface area contributed by atoms with Crippen LogP contribution in [0.15, 0.2) is 0 Å². The van der Waals surface area contributed by atoms with Crippen molar-refractivity contribution in [3.8, 4) is 0 Å². The molecule has 8 nitrogen and oxygen atoms in total. The van der Waals surface area contributed by atoms with Crippen molar-refractivity contribution < 1.29 is 23.9 Å². The molecule has 0 aromatic carbocycles. The lowest BCUT2D eigenvalue weighted by molar-refractivity contribution is -0.157. The molecule has 6 N–H and O–H groups in total. The van der Waals surface area contributed by atoms with Crippen molar-refractivity contribution >= 4 is 17.8 Å². The van der Waals surface area contributed by atoms with Gasteiger partial charge in [-0.1, -0.05) is 0 Å². The second-order valence-corrected chi connectivity index (χ2v) is 4.25. The van der Waals surface area contributed by atoms with E-state index in [-0.39, 0.29) is 25.9 Å². The van der Waals surface area contributed by atoms with E-state index in [4.69, 9.17) is 26.7 Å². The molecule has 0 heterocycles. The first-order valence-electron chi connectivity index (χ1n) is 6.30. The van der Waals surface area contributed by atoms with Gasteiger partial charge in [0.15, 0.2) is 0 Å². The van der Waals surface area contributed by atoms with E-state index in [1.54, 1.807) is 0 Å². The Balaban J connectivity index is 3.87. The fourth-order valence-electron chi connectivity index (χ4n) is 1.22. The highest BCUT2D eigenvalue weighted by molar-refractivity contribution is 5.78. The minimum atomic E-state index is -0.942. The van der Waals surface area contributed by atoms with Crippen LogP contribution in [-0.2, 0) is 23.9 Å². The summed E-state index contributed by atoms with van der Waals surface area (Å²) < 4.78 is 9.71. The standard InChI is InChI=1S/C12H22N3O5/c1-8(20-11(17)3-2-6-13)7-19-12(18)9(14)4-5-10(15)16/h8-9H,1-7,13-14H2,(H2,15,16)/t8?,9-/m0/s1. The van der Waals surface area contributed by atoms with Crippen LogP contribution in [0.4, 0.5) is 0 Å². The number of nitrogens with two attached hydrogens (primary N) is 3. The first kappa shape index (κ1) is 18.3. The van der Waals surface area contributed by atoms with Crippen LogP contribution in [0, 0.1) is 6.92 Å². The number of rotatable bonds is 10. The topological polar surface area (TPSA) is 148 Å². The number of ether oxygens (including phenoxy) is 2. The number of amides is 1. The van der Waals surface area contributed by atoms with E-state index in [0.717, 1.165) is 0 Å². The molecule has 0 aliphatic carbocycles. The van der Waals surface area contributed by atoms with E-state index in [1.165, 1.54) is 0 Å². The van der Waals surface area contributed by atoms with Crippen LogP contribution in [0.3, 0.4) is 0 Å². The summed E-state index contributed by atoms with van der Waals surface area (Å²) in [5.74, 6) is -1.69. The molecular formula is C12H22N3O5. The van der Waals surface area contributed by atoms with Gasteiger partial charge in [-0.25, -0.2) is 0 Å². The molecule has 1 unspecified atom stereocenters. The number of esters is 2. The average molecular weight is 288 g/mol. The van der Waals surface area contributed by atoms with Crippen molar-refractivity contribution in [2.24, 2.45) is 17.2 Å². The van der Waals surface area contributed by atoms with Crippen LogP contribution in [-0.4, -0.2) is 43.1 Å². The number of carbonyl (C=O) groups excluding carboxylic acids is 3. The summed E-state index contributed by atoms with van der Waals surface area (Å²) in [5.41, 5.74) is 15.7.